The molecule has 0 aliphatic carbocycles. The summed E-state index contributed by atoms with van der Waals surface area (Å²) >= 11 is 0. The van der Waals surface area contributed by atoms with E-state index in [0.29, 0.717) is 26.1 Å². The number of morpholine rings is 1. The minimum Gasteiger partial charge on any atom is -0.469 e. The highest BCUT2D eigenvalue weighted by Crippen LogP contribution is 2.28. The van der Waals surface area contributed by atoms with Crippen LogP contribution in [-0.4, -0.2) is 43.1 Å². The molecule has 1 amide bonds. The second kappa shape index (κ2) is 7.94. The van der Waals surface area contributed by atoms with Crippen molar-refractivity contribution in [2.45, 2.75) is 38.3 Å². The van der Waals surface area contributed by atoms with Crippen LogP contribution in [-0.2, 0) is 19.1 Å². The molecule has 22 heavy (non-hydrogen) atoms. The summed E-state index contributed by atoms with van der Waals surface area (Å²) in [6.45, 7) is 3.05. The van der Waals surface area contributed by atoms with Gasteiger partial charge in [-0.1, -0.05) is 30.3 Å². The fourth-order valence-electron chi connectivity index (χ4n) is 2.78. The van der Waals surface area contributed by atoms with Gasteiger partial charge in [0.1, 0.15) is 0 Å². The summed E-state index contributed by atoms with van der Waals surface area (Å²) in [6, 6.07) is 9.89. The van der Waals surface area contributed by atoms with Crippen molar-refractivity contribution in [1.29, 1.82) is 0 Å². The molecule has 1 heterocycles. The molecule has 120 valence electrons. The molecule has 1 aliphatic heterocycles. The predicted molar refractivity (Wildman–Crippen MR) is 82.2 cm³/mol. The minimum atomic E-state index is -0.276. The second-order valence-electron chi connectivity index (χ2n) is 5.54. The van der Waals surface area contributed by atoms with Crippen molar-refractivity contribution in [3.8, 4) is 0 Å². The van der Waals surface area contributed by atoms with Crippen molar-refractivity contribution in [3.63, 3.8) is 0 Å². The van der Waals surface area contributed by atoms with E-state index in [1.54, 1.807) is 0 Å². The summed E-state index contributed by atoms with van der Waals surface area (Å²) < 4.78 is 10.2. The average molecular weight is 305 g/mol. The molecule has 0 N–H and O–H groups in total. The summed E-state index contributed by atoms with van der Waals surface area (Å²) in [6.07, 6.45) is 1.14. The number of amides is 1. The number of methoxy groups -OCH3 is 1. The number of hydrogen-bond donors (Lipinski definition) is 0. The highest BCUT2D eigenvalue weighted by molar-refractivity contribution is 5.78. The molecule has 1 aromatic carbocycles. The van der Waals surface area contributed by atoms with E-state index in [1.807, 2.05) is 42.2 Å². The third-order valence-corrected chi connectivity index (χ3v) is 3.92. The van der Waals surface area contributed by atoms with Crippen molar-refractivity contribution in [2.75, 3.05) is 20.3 Å². The van der Waals surface area contributed by atoms with E-state index in [9.17, 15) is 9.59 Å². The molecule has 1 saturated heterocycles. The molecule has 1 aliphatic rings. The first-order valence-corrected chi connectivity index (χ1v) is 7.64. The summed E-state index contributed by atoms with van der Waals surface area (Å²) in [7, 11) is 1.36. The molecule has 0 spiro atoms. The molecule has 0 aromatic heterocycles. The van der Waals surface area contributed by atoms with E-state index in [0.717, 1.165) is 5.56 Å². The summed E-state index contributed by atoms with van der Waals surface area (Å²) in [5.41, 5.74) is 1.08. The first-order chi connectivity index (χ1) is 10.6. The molecule has 2 rings (SSSR count). The van der Waals surface area contributed by atoms with E-state index in [1.165, 1.54) is 7.11 Å². The summed E-state index contributed by atoms with van der Waals surface area (Å²) in [5.74, 6) is -0.212. The third-order valence-electron chi connectivity index (χ3n) is 3.92. The molecular formula is C17H23NO4. The number of carbonyl (C=O) groups excluding carboxylic acids is 2. The Bertz CT molecular complexity index is 503. The van der Waals surface area contributed by atoms with E-state index < -0.39 is 0 Å². The monoisotopic (exact) mass is 305 g/mol. The lowest BCUT2D eigenvalue weighted by Gasteiger charge is -2.41. The lowest BCUT2D eigenvalue weighted by Crippen LogP contribution is -2.49. The minimum absolute atomic E-state index is 0.0320. The molecule has 1 aromatic rings. The van der Waals surface area contributed by atoms with Crippen molar-refractivity contribution in [1.82, 2.24) is 4.90 Å². The Morgan fingerprint density at radius 3 is 2.64 bits per heavy atom. The first-order valence-electron chi connectivity index (χ1n) is 7.64. The predicted octanol–water partition coefficient (Wildman–Crippen LogP) is 2.32. The smallest absolute Gasteiger partial charge is 0.305 e. The van der Waals surface area contributed by atoms with Crippen LogP contribution >= 0.6 is 0 Å². The van der Waals surface area contributed by atoms with Crippen LogP contribution in [0.4, 0.5) is 0 Å². The van der Waals surface area contributed by atoms with Gasteiger partial charge in [0, 0.05) is 12.8 Å². The van der Waals surface area contributed by atoms with Gasteiger partial charge in [0.2, 0.25) is 5.91 Å². The lowest BCUT2D eigenvalue weighted by molar-refractivity contribution is -0.146. The van der Waals surface area contributed by atoms with Gasteiger partial charge in [-0.25, -0.2) is 0 Å². The Hall–Kier alpha value is -1.88. The van der Waals surface area contributed by atoms with Crippen LogP contribution in [0.2, 0.25) is 0 Å². The Labute approximate surface area is 131 Å². The van der Waals surface area contributed by atoms with Crippen molar-refractivity contribution in [3.05, 3.63) is 35.9 Å². The van der Waals surface area contributed by atoms with Gasteiger partial charge >= 0.3 is 5.97 Å². The van der Waals surface area contributed by atoms with Crippen LogP contribution in [0.5, 0.6) is 0 Å². The van der Waals surface area contributed by atoms with Gasteiger partial charge in [0.25, 0.3) is 0 Å². The van der Waals surface area contributed by atoms with Crippen LogP contribution in [0.1, 0.15) is 37.8 Å². The molecule has 2 atom stereocenters. The zero-order valence-electron chi connectivity index (χ0n) is 13.2. The Morgan fingerprint density at radius 2 is 1.95 bits per heavy atom. The zero-order chi connectivity index (χ0) is 15.9. The topological polar surface area (TPSA) is 55.8 Å². The molecule has 0 saturated carbocycles. The highest BCUT2D eigenvalue weighted by Gasteiger charge is 2.32. The molecule has 1 fully saturated rings. The fourth-order valence-corrected chi connectivity index (χ4v) is 2.78. The third kappa shape index (κ3) is 4.07. The van der Waals surface area contributed by atoms with E-state index in [4.69, 9.17) is 4.74 Å². The van der Waals surface area contributed by atoms with Crippen LogP contribution in [0, 0.1) is 0 Å². The lowest BCUT2D eigenvalue weighted by atomic mass is 10.0. The molecule has 5 nitrogen and oxygen atoms in total. The summed E-state index contributed by atoms with van der Waals surface area (Å²) in [5, 5.41) is 0. The first kappa shape index (κ1) is 16.5. The van der Waals surface area contributed by atoms with Gasteiger partial charge in [-0.3, -0.25) is 9.59 Å². The average Bonchev–Trinajstić information content (AvgIpc) is 2.55. The van der Waals surface area contributed by atoms with Crippen molar-refractivity contribution in [2.24, 2.45) is 0 Å². The molecule has 0 bridgehead atoms. The second-order valence-corrected chi connectivity index (χ2v) is 5.54. The maximum absolute atomic E-state index is 12.6. The van der Waals surface area contributed by atoms with Gasteiger partial charge < -0.3 is 14.4 Å². The van der Waals surface area contributed by atoms with Crippen LogP contribution < -0.4 is 0 Å². The Kier molecular flexibility index (Phi) is 5.95. The molecule has 2 unspecified atom stereocenters. The van der Waals surface area contributed by atoms with Crippen molar-refractivity contribution >= 4 is 11.9 Å². The van der Waals surface area contributed by atoms with Gasteiger partial charge in [-0.15, -0.1) is 0 Å². The Balaban J connectivity index is 2.03. The molecular weight excluding hydrogens is 282 g/mol. The number of ether oxygens (including phenoxy) is 2. The maximum Gasteiger partial charge on any atom is 0.305 e. The molecule has 5 heteroatoms. The maximum atomic E-state index is 12.6. The van der Waals surface area contributed by atoms with Crippen LogP contribution in [0.3, 0.4) is 0 Å². The SMILES string of the molecule is COC(=O)CCCC(=O)N1C(C)COCC1c1ccccc1. The number of esters is 1. The highest BCUT2D eigenvalue weighted by atomic mass is 16.5. The van der Waals surface area contributed by atoms with Gasteiger partial charge in [0.15, 0.2) is 0 Å². The quantitative estimate of drug-likeness (QED) is 0.783. The van der Waals surface area contributed by atoms with E-state index >= 15 is 0 Å². The van der Waals surface area contributed by atoms with Gasteiger partial charge in [0.05, 0.1) is 32.4 Å². The van der Waals surface area contributed by atoms with Crippen LogP contribution in [0.25, 0.3) is 0 Å². The number of benzene rings is 1. The van der Waals surface area contributed by atoms with Crippen molar-refractivity contribution < 1.29 is 19.1 Å². The van der Waals surface area contributed by atoms with Gasteiger partial charge in [-0.05, 0) is 18.9 Å². The number of rotatable bonds is 5. The van der Waals surface area contributed by atoms with Gasteiger partial charge in [-0.2, -0.15) is 0 Å². The Morgan fingerprint density at radius 1 is 1.23 bits per heavy atom. The summed E-state index contributed by atoms with van der Waals surface area (Å²) in [4.78, 5) is 25.6. The zero-order valence-corrected chi connectivity index (χ0v) is 13.2. The number of carbonyl (C=O) groups is 2. The largest absolute Gasteiger partial charge is 0.469 e. The van der Waals surface area contributed by atoms with Crippen LogP contribution in [0.15, 0.2) is 30.3 Å². The number of hydrogen-bond acceptors (Lipinski definition) is 4. The van der Waals surface area contributed by atoms with E-state index in [-0.39, 0.29) is 30.4 Å². The number of nitrogens with zero attached hydrogens (tertiary/aromatic N) is 1. The fraction of sp³-hybridized carbons (Fsp3) is 0.529. The van der Waals surface area contributed by atoms with E-state index in [2.05, 4.69) is 4.74 Å². The normalized spacial score (nSPS) is 21.5. The molecule has 0 radical (unpaired) electrons. The standard InChI is InChI=1S/C17H23NO4/c1-13-11-22-12-15(14-7-4-3-5-8-14)18(13)16(19)9-6-10-17(20)21-2/h3-5,7-8,13,15H,6,9-12H2,1-2H3.